The third-order valence-electron chi connectivity index (χ3n) is 3.11. The first-order chi connectivity index (χ1) is 6.88. The van der Waals surface area contributed by atoms with Gasteiger partial charge in [0.25, 0.3) is 0 Å². The zero-order valence-electron chi connectivity index (χ0n) is 9.50. The number of amides is 1. The van der Waals surface area contributed by atoms with Crippen molar-refractivity contribution in [3.05, 3.63) is 0 Å². The standard InChI is InChI=1S/C11H18BrNO2/c1-11(2,3)15-10(14)13-6-7-4-5-8(13)9(7)12/h7-9H,4-6H2,1-3H3/t7-,8-,9?/m1/s1. The molecule has 1 saturated heterocycles. The average molecular weight is 276 g/mol. The lowest BCUT2D eigenvalue weighted by Crippen LogP contribution is -2.42. The minimum absolute atomic E-state index is 0.154. The molecule has 1 aliphatic heterocycles. The normalized spacial score (nSPS) is 34.7. The molecule has 1 amide bonds. The Morgan fingerprint density at radius 3 is 2.47 bits per heavy atom. The van der Waals surface area contributed by atoms with Gasteiger partial charge in [0.2, 0.25) is 0 Å². The molecule has 2 fully saturated rings. The molecular formula is C11H18BrNO2. The largest absolute Gasteiger partial charge is 0.444 e. The average Bonchev–Trinajstić information content (AvgIpc) is 2.59. The number of hydrogen-bond acceptors (Lipinski definition) is 2. The Labute approximate surface area is 99.3 Å². The van der Waals surface area contributed by atoms with Crippen LogP contribution in [-0.2, 0) is 4.74 Å². The highest BCUT2D eigenvalue weighted by molar-refractivity contribution is 9.09. The van der Waals surface area contributed by atoms with Crippen LogP contribution in [0.1, 0.15) is 33.6 Å². The van der Waals surface area contributed by atoms with Crippen LogP contribution in [0.2, 0.25) is 0 Å². The van der Waals surface area contributed by atoms with Crippen molar-refractivity contribution < 1.29 is 9.53 Å². The fourth-order valence-electron chi connectivity index (χ4n) is 2.46. The van der Waals surface area contributed by atoms with E-state index >= 15 is 0 Å². The molecule has 4 heteroatoms. The van der Waals surface area contributed by atoms with Crippen molar-refractivity contribution in [1.29, 1.82) is 0 Å². The second-order valence-electron chi connectivity index (χ2n) is 5.48. The van der Waals surface area contributed by atoms with E-state index in [1.807, 2.05) is 25.7 Å². The Morgan fingerprint density at radius 1 is 1.40 bits per heavy atom. The van der Waals surface area contributed by atoms with Gasteiger partial charge in [-0.05, 0) is 39.5 Å². The van der Waals surface area contributed by atoms with Gasteiger partial charge in [0, 0.05) is 17.4 Å². The van der Waals surface area contributed by atoms with E-state index in [1.54, 1.807) is 0 Å². The zero-order chi connectivity index (χ0) is 11.2. The van der Waals surface area contributed by atoms with Crippen LogP contribution >= 0.6 is 15.9 Å². The summed E-state index contributed by atoms with van der Waals surface area (Å²) in [7, 11) is 0. The molecule has 1 aliphatic carbocycles. The van der Waals surface area contributed by atoms with Gasteiger partial charge in [0.05, 0.1) is 0 Å². The highest BCUT2D eigenvalue weighted by Crippen LogP contribution is 2.42. The Morgan fingerprint density at radius 2 is 2.07 bits per heavy atom. The maximum Gasteiger partial charge on any atom is 0.410 e. The molecule has 0 radical (unpaired) electrons. The first kappa shape index (κ1) is 11.2. The monoisotopic (exact) mass is 275 g/mol. The summed E-state index contributed by atoms with van der Waals surface area (Å²) in [6, 6.07) is 0.352. The summed E-state index contributed by atoms with van der Waals surface area (Å²) in [4.78, 5) is 14.2. The molecule has 86 valence electrons. The van der Waals surface area contributed by atoms with Gasteiger partial charge in [-0.2, -0.15) is 0 Å². The predicted octanol–water partition coefficient (Wildman–Crippen LogP) is 2.78. The second kappa shape index (κ2) is 3.65. The number of halogens is 1. The van der Waals surface area contributed by atoms with E-state index < -0.39 is 0 Å². The Hall–Kier alpha value is -0.250. The summed E-state index contributed by atoms with van der Waals surface area (Å²) in [5.41, 5.74) is -0.388. The number of alkyl halides is 1. The molecule has 2 bridgehead atoms. The van der Waals surface area contributed by atoms with Crippen molar-refractivity contribution in [3.63, 3.8) is 0 Å². The van der Waals surface area contributed by atoms with Gasteiger partial charge in [0.15, 0.2) is 0 Å². The van der Waals surface area contributed by atoms with Gasteiger partial charge < -0.3 is 9.64 Å². The first-order valence-electron chi connectivity index (χ1n) is 5.52. The molecule has 1 unspecified atom stereocenters. The maximum absolute atomic E-state index is 11.9. The third-order valence-corrected chi connectivity index (χ3v) is 4.47. The van der Waals surface area contributed by atoms with Crippen LogP contribution in [0.5, 0.6) is 0 Å². The van der Waals surface area contributed by atoms with Crippen LogP contribution < -0.4 is 0 Å². The molecule has 0 spiro atoms. The topological polar surface area (TPSA) is 29.5 Å². The predicted molar refractivity (Wildman–Crippen MR) is 62.2 cm³/mol. The van der Waals surface area contributed by atoms with Crippen molar-refractivity contribution in [3.8, 4) is 0 Å². The van der Waals surface area contributed by atoms with Crippen LogP contribution in [0, 0.1) is 5.92 Å². The maximum atomic E-state index is 11.9. The Kier molecular flexibility index (Phi) is 2.73. The smallest absolute Gasteiger partial charge is 0.410 e. The molecule has 0 aromatic rings. The van der Waals surface area contributed by atoms with Crippen LogP contribution in [0.25, 0.3) is 0 Å². The van der Waals surface area contributed by atoms with Gasteiger partial charge >= 0.3 is 6.09 Å². The van der Waals surface area contributed by atoms with E-state index in [0.29, 0.717) is 16.8 Å². The lowest BCUT2D eigenvalue weighted by atomic mass is 10.1. The number of rotatable bonds is 0. The number of piperidine rings is 1. The molecule has 3 atom stereocenters. The number of carbonyl (C=O) groups is 1. The van der Waals surface area contributed by atoms with Crippen molar-refractivity contribution >= 4 is 22.0 Å². The fraction of sp³-hybridized carbons (Fsp3) is 0.909. The molecule has 1 heterocycles. The summed E-state index contributed by atoms with van der Waals surface area (Å²) in [5, 5.41) is 0. The Bertz CT molecular complexity index is 274. The lowest BCUT2D eigenvalue weighted by Gasteiger charge is -2.30. The number of carbonyl (C=O) groups excluding carboxylic acids is 1. The zero-order valence-corrected chi connectivity index (χ0v) is 11.1. The van der Waals surface area contributed by atoms with Gasteiger partial charge in [0.1, 0.15) is 5.60 Å². The van der Waals surface area contributed by atoms with Gasteiger partial charge in [-0.3, -0.25) is 0 Å². The molecule has 3 nitrogen and oxygen atoms in total. The minimum Gasteiger partial charge on any atom is -0.444 e. The molecular weight excluding hydrogens is 258 g/mol. The third kappa shape index (κ3) is 2.14. The van der Waals surface area contributed by atoms with Crippen molar-refractivity contribution in [2.75, 3.05) is 6.54 Å². The molecule has 2 aliphatic rings. The quantitative estimate of drug-likeness (QED) is 0.637. The number of fused-ring (bicyclic) bond motifs is 2. The molecule has 15 heavy (non-hydrogen) atoms. The SMILES string of the molecule is CC(C)(C)OC(=O)N1C[C@H]2CC[C@@H]1C2Br. The number of nitrogens with zero attached hydrogens (tertiary/aromatic N) is 1. The van der Waals surface area contributed by atoms with E-state index in [9.17, 15) is 4.79 Å². The summed E-state index contributed by atoms with van der Waals surface area (Å²) < 4.78 is 5.39. The van der Waals surface area contributed by atoms with Gasteiger partial charge in [-0.1, -0.05) is 15.9 Å². The summed E-state index contributed by atoms with van der Waals surface area (Å²) in [6.45, 7) is 6.58. The summed E-state index contributed by atoms with van der Waals surface area (Å²) in [6.07, 6.45) is 2.19. The molecule has 0 N–H and O–H groups in total. The van der Waals surface area contributed by atoms with E-state index in [1.165, 1.54) is 6.42 Å². The van der Waals surface area contributed by atoms with Crippen molar-refractivity contribution in [2.24, 2.45) is 5.92 Å². The highest BCUT2D eigenvalue weighted by Gasteiger charge is 2.48. The van der Waals surface area contributed by atoms with Crippen LogP contribution in [-0.4, -0.2) is 34.0 Å². The van der Waals surface area contributed by atoms with E-state index in [4.69, 9.17) is 4.74 Å². The van der Waals surface area contributed by atoms with Crippen LogP contribution in [0.15, 0.2) is 0 Å². The Balaban J connectivity index is 1.99. The molecule has 1 saturated carbocycles. The van der Waals surface area contributed by atoms with E-state index in [2.05, 4.69) is 15.9 Å². The summed E-state index contributed by atoms with van der Waals surface area (Å²) in [5.74, 6) is 0.627. The highest BCUT2D eigenvalue weighted by atomic mass is 79.9. The number of hydrogen-bond donors (Lipinski definition) is 0. The first-order valence-corrected chi connectivity index (χ1v) is 6.44. The number of likely N-dealkylation sites (tertiary alicyclic amines) is 1. The second-order valence-corrected chi connectivity index (χ2v) is 6.54. The van der Waals surface area contributed by atoms with Gasteiger partial charge in [-0.25, -0.2) is 4.79 Å². The minimum atomic E-state index is -0.388. The van der Waals surface area contributed by atoms with E-state index in [-0.39, 0.29) is 11.7 Å². The molecule has 0 aromatic heterocycles. The van der Waals surface area contributed by atoms with Crippen LogP contribution in [0.4, 0.5) is 4.79 Å². The molecule has 2 rings (SSSR count). The molecule has 0 aromatic carbocycles. The van der Waals surface area contributed by atoms with Gasteiger partial charge in [-0.15, -0.1) is 0 Å². The lowest BCUT2D eigenvalue weighted by molar-refractivity contribution is 0.0192. The fourth-order valence-corrected chi connectivity index (χ4v) is 3.44. The van der Waals surface area contributed by atoms with Crippen LogP contribution in [0.3, 0.4) is 0 Å². The van der Waals surface area contributed by atoms with Crippen molar-refractivity contribution in [2.45, 2.75) is 50.1 Å². The van der Waals surface area contributed by atoms with Crippen molar-refractivity contribution in [1.82, 2.24) is 4.90 Å². The van der Waals surface area contributed by atoms with E-state index in [0.717, 1.165) is 13.0 Å². The number of ether oxygens (including phenoxy) is 1. The summed E-state index contributed by atoms with van der Waals surface area (Å²) >= 11 is 3.67.